The summed E-state index contributed by atoms with van der Waals surface area (Å²) in [5.41, 5.74) is 0. The Labute approximate surface area is 124 Å². The maximum atomic E-state index is 5.64. The van der Waals surface area contributed by atoms with Crippen molar-refractivity contribution in [2.24, 2.45) is 0 Å². The number of rotatable bonds is 6. The summed E-state index contributed by atoms with van der Waals surface area (Å²) in [6.45, 7) is 15.7. The van der Waals surface area contributed by atoms with Gasteiger partial charge in [-0.05, 0) is 41.5 Å². The molecule has 0 fully saturated rings. The Bertz CT molecular complexity index is 142. The summed E-state index contributed by atoms with van der Waals surface area (Å²) >= 11 is 0. The standard InChI is InChI=1S/C10H23O3Si.ClH.Mg/c1-8(2)11-14(7,12-9(3)4)13-10(5)6;;/h8-10H,7H2,1-6H3;1H;/q-1;;+2/p-1. The van der Waals surface area contributed by atoms with Crippen molar-refractivity contribution in [1.29, 1.82) is 0 Å². The maximum Gasteiger partial charge on any atom is 2.00 e. The fourth-order valence-corrected chi connectivity index (χ4v) is 3.48. The molecule has 0 bridgehead atoms. The van der Waals surface area contributed by atoms with Gasteiger partial charge in [-0.1, -0.05) is 0 Å². The SMILES string of the molecule is [CH2-][Si](OC(C)C)(OC(C)C)OC(C)C.[Cl-].[Mg+2]. The molecule has 0 rings (SSSR count). The van der Waals surface area contributed by atoms with E-state index in [1.807, 2.05) is 41.5 Å². The zero-order valence-corrected chi connectivity index (χ0v) is 14.4. The molecule has 0 N–H and O–H groups in total. The Hall–Kier alpha value is 1.15. The van der Waals surface area contributed by atoms with Gasteiger partial charge in [0.1, 0.15) is 0 Å². The Kier molecular flexibility index (Phi) is 14.1. The van der Waals surface area contributed by atoms with E-state index in [0.29, 0.717) is 0 Å². The number of hydrogen-bond donors (Lipinski definition) is 0. The number of hydrogen-bond acceptors (Lipinski definition) is 3. The van der Waals surface area contributed by atoms with Gasteiger partial charge in [0.05, 0.1) is 0 Å². The van der Waals surface area contributed by atoms with E-state index in [0.717, 1.165) is 0 Å². The largest absolute Gasteiger partial charge is 2.00 e. The van der Waals surface area contributed by atoms with Gasteiger partial charge in [-0.2, -0.15) is 0 Å². The second-order valence-electron chi connectivity index (χ2n) is 4.18. The molecule has 0 aliphatic rings. The molecule has 6 heteroatoms. The molecule has 16 heavy (non-hydrogen) atoms. The van der Waals surface area contributed by atoms with E-state index in [2.05, 4.69) is 6.55 Å². The fraction of sp³-hybridized carbons (Fsp3) is 0.900. The van der Waals surface area contributed by atoms with Crippen LogP contribution in [-0.4, -0.2) is 50.2 Å². The van der Waals surface area contributed by atoms with Crippen LogP contribution in [0.5, 0.6) is 0 Å². The predicted octanol–water partition coefficient (Wildman–Crippen LogP) is -0.803. The summed E-state index contributed by atoms with van der Waals surface area (Å²) in [5, 5.41) is 0. The molecule has 0 amide bonds. The van der Waals surface area contributed by atoms with E-state index < -0.39 is 8.80 Å². The molecule has 94 valence electrons. The average Bonchev–Trinajstić information content (AvgIpc) is 1.76. The Morgan fingerprint density at radius 1 is 0.750 bits per heavy atom. The second kappa shape index (κ2) is 10.1. The Morgan fingerprint density at radius 3 is 1.06 bits per heavy atom. The van der Waals surface area contributed by atoms with Crippen LogP contribution in [0.2, 0.25) is 0 Å². The van der Waals surface area contributed by atoms with Crippen LogP contribution in [0.25, 0.3) is 0 Å². The van der Waals surface area contributed by atoms with Gasteiger partial charge in [-0.15, -0.1) is 0 Å². The quantitative estimate of drug-likeness (QED) is 0.470. The van der Waals surface area contributed by atoms with Gasteiger partial charge in [0.2, 0.25) is 0 Å². The summed E-state index contributed by atoms with van der Waals surface area (Å²) in [7, 11) is -2.69. The van der Waals surface area contributed by atoms with Crippen molar-refractivity contribution in [2.45, 2.75) is 59.9 Å². The van der Waals surface area contributed by atoms with Crippen LogP contribution in [0.15, 0.2) is 0 Å². The summed E-state index contributed by atoms with van der Waals surface area (Å²) in [4.78, 5) is 0. The van der Waals surface area contributed by atoms with Crippen molar-refractivity contribution < 1.29 is 25.7 Å². The van der Waals surface area contributed by atoms with Crippen molar-refractivity contribution in [3.05, 3.63) is 6.55 Å². The summed E-state index contributed by atoms with van der Waals surface area (Å²) in [5.74, 6) is 0. The van der Waals surface area contributed by atoms with Crippen molar-refractivity contribution in [2.75, 3.05) is 0 Å². The van der Waals surface area contributed by atoms with Crippen molar-refractivity contribution in [3.8, 4) is 0 Å². The van der Waals surface area contributed by atoms with Crippen LogP contribution in [0.1, 0.15) is 41.5 Å². The van der Waals surface area contributed by atoms with Gasteiger partial charge in [0.25, 0.3) is 0 Å². The van der Waals surface area contributed by atoms with E-state index >= 15 is 0 Å². The molecule has 0 aliphatic heterocycles. The smallest absolute Gasteiger partial charge is 1.00 e. The van der Waals surface area contributed by atoms with Crippen molar-refractivity contribution in [3.63, 3.8) is 0 Å². The van der Waals surface area contributed by atoms with Crippen molar-refractivity contribution >= 4 is 31.9 Å². The average molecular weight is 279 g/mol. The monoisotopic (exact) mass is 278 g/mol. The molecule has 0 atom stereocenters. The normalized spacial score (nSPS) is 11.6. The van der Waals surface area contributed by atoms with Crippen LogP contribution in [0.3, 0.4) is 0 Å². The number of halogens is 1. The molecular weight excluding hydrogens is 256 g/mol. The first kappa shape index (κ1) is 22.3. The third kappa shape index (κ3) is 11.6. The van der Waals surface area contributed by atoms with Crippen LogP contribution < -0.4 is 12.4 Å². The minimum absolute atomic E-state index is 0. The second-order valence-corrected chi connectivity index (χ2v) is 6.26. The third-order valence-electron chi connectivity index (χ3n) is 1.25. The molecule has 0 spiro atoms. The van der Waals surface area contributed by atoms with Crippen molar-refractivity contribution in [1.82, 2.24) is 0 Å². The van der Waals surface area contributed by atoms with Crippen LogP contribution in [-0.2, 0) is 13.3 Å². The van der Waals surface area contributed by atoms with Crippen LogP contribution >= 0.6 is 0 Å². The first-order chi connectivity index (χ1) is 6.25. The van der Waals surface area contributed by atoms with E-state index in [-0.39, 0.29) is 53.8 Å². The van der Waals surface area contributed by atoms with Gasteiger partial charge in [-0.25, -0.2) is 0 Å². The van der Waals surface area contributed by atoms with Gasteiger partial charge in [-0.3, -0.25) is 6.55 Å². The van der Waals surface area contributed by atoms with Gasteiger partial charge < -0.3 is 25.7 Å². The molecule has 0 aromatic heterocycles. The minimum atomic E-state index is -2.69. The van der Waals surface area contributed by atoms with E-state index in [9.17, 15) is 0 Å². The van der Waals surface area contributed by atoms with E-state index in [4.69, 9.17) is 13.3 Å². The molecule has 0 aromatic rings. The van der Waals surface area contributed by atoms with Crippen LogP contribution in [0.4, 0.5) is 0 Å². The summed E-state index contributed by atoms with van der Waals surface area (Å²) in [6, 6.07) is 0. The molecule has 0 aromatic carbocycles. The molecule has 0 heterocycles. The first-order valence-electron chi connectivity index (χ1n) is 5.14. The molecule has 0 saturated heterocycles. The van der Waals surface area contributed by atoms with Crippen LogP contribution in [0, 0.1) is 6.55 Å². The van der Waals surface area contributed by atoms with E-state index in [1.54, 1.807) is 0 Å². The minimum Gasteiger partial charge on any atom is -1.00 e. The summed E-state index contributed by atoms with van der Waals surface area (Å²) < 4.78 is 16.9. The predicted molar refractivity (Wildman–Crippen MR) is 65.5 cm³/mol. The Morgan fingerprint density at radius 2 is 0.938 bits per heavy atom. The van der Waals surface area contributed by atoms with E-state index in [1.165, 1.54) is 0 Å². The Balaban J connectivity index is -0.000000845. The fourth-order valence-electron chi connectivity index (χ4n) is 1.16. The molecule has 0 unspecified atom stereocenters. The van der Waals surface area contributed by atoms with Gasteiger partial charge in [0.15, 0.2) is 0 Å². The zero-order valence-electron chi connectivity index (χ0n) is 11.2. The van der Waals surface area contributed by atoms with Gasteiger partial charge in [0, 0.05) is 18.3 Å². The molecular formula is C10H23ClMgO3Si. The maximum absolute atomic E-state index is 5.64. The molecule has 0 saturated carbocycles. The first-order valence-corrected chi connectivity index (χ1v) is 7.07. The molecule has 0 radical (unpaired) electrons. The molecule has 3 nitrogen and oxygen atoms in total. The summed E-state index contributed by atoms with van der Waals surface area (Å²) in [6.07, 6.45) is 0.241. The third-order valence-corrected chi connectivity index (χ3v) is 3.74. The zero-order chi connectivity index (χ0) is 11.4. The topological polar surface area (TPSA) is 27.7 Å². The van der Waals surface area contributed by atoms with Gasteiger partial charge >= 0.3 is 31.9 Å². The molecule has 0 aliphatic carbocycles.